The van der Waals surface area contributed by atoms with Crippen LogP contribution in [0.25, 0.3) is 55.8 Å². The van der Waals surface area contributed by atoms with E-state index in [4.69, 9.17) is 11.6 Å². The van der Waals surface area contributed by atoms with E-state index < -0.39 is 5.41 Å². The Morgan fingerprint density at radius 1 is 0.492 bits per heavy atom. The molecule has 2 heteroatoms. The van der Waals surface area contributed by atoms with Crippen LogP contribution in [-0.2, 0) is 10.8 Å². The van der Waals surface area contributed by atoms with Crippen LogP contribution in [0.1, 0.15) is 69.5 Å². The van der Waals surface area contributed by atoms with E-state index in [0.29, 0.717) is 10.6 Å². The normalized spacial score (nSPS) is 14.3. The number of rotatable bonds is 6. The van der Waals surface area contributed by atoms with Gasteiger partial charge in [0.2, 0.25) is 0 Å². The minimum atomic E-state index is -0.456. The van der Waals surface area contributed by atoms with Gasteiger partial charge in [-0.05, 0) is 120 Å². The molecule has 0 atom stereocenters. The molecule has 0 fully saturated rings. The van der Waals surface area contributed by atoms with E-state index in [1.54, 1.807) is 0 Å². The van der Waals surface area contributed by atoms with Crippen LogP contribution in [0.5, 0.6) is 5.75 Å². The van der Waals surface area contributed by atoms with Crippen LogP contribution in [0.15, 0.2) is 194 Å². The first-order valence-corrected chi connectivity index (χ1v) is 21.5. The summed E-state index contributed by atoms with van der Waals surface area (Å²) in [4.78, 5) is 0. The Balaban J connectivity index is 1.08. The third-order valence-electron chi connectivity index (χ3n) is 13.5. The highest BCUT2D eigenvalue weighted by atomic mass is 35.5. The van der Waals surface area contributed by atoms with Crippen molar-refractivity contribution in [2.75, 3.05) is 0 Å². The van der Waals surface area contributed by atoms with Crippen LogP contribution in [-0.4, -0.2) is 5.11 Å². The van der Waals surface area contributed by atoms with Crippen molar-refractivity contribution in [3.8, 4) is 39.1 Å². The summed E-state index contributed by atoms with van der Waals surface area (Å²) < 4.78 is 0. The van der Waals surface area contributed by atoms with Crippen molar-refractivity contribution in [3.63, 3.8) is 0 Å². The number of aromatic hydroxyl groups is 1. The van der Waals surface area contributed by atoms with Crippen molar-refractivity contribution in [3.05, 3.63) is 255 Å². The second-order valence-corrected chi connectivity index (χ2v) is 17.5. The minimum Gasteiger partial charge on any atom is -0.507 e. The maximum Gasteiger partial charge on any atom is 0.125 e. The van der Waals surface area contributed by atoms with Gasteiger partial charge in [0, 0.05) is 16.4 Å². The molecule has 9 aromatic carbocycles. The molecule has 0 aromatic heterocycles. The number of aryl methyl sites for hydroxylation is 1. The van der Waals surface area contributed by atoms with E-state index in [1.165, 1.54) is 55.6 Å². The van der Waals surface area contributed by atoms with Gasteiger partial charge in [-0.25, -0.2) is 0 Å². The molecule has 292 valence electrons. The molecule has 9 aromatic rings. The highest BCUT2D eigenvalue weighted by Gasteiger charge is 2.45. The quantitative estimate of drug-likeness (QED) is 0.166. The molecule has 0 saturated carbocycles. The first-order chi connectivity index (χ1) is 29.7. The number of phenolic OH excluding ortho intramolecular Hbond substituents is 1. The predicted octanol–water partition coefficient (Wildman–Crippen LogP) is 15.4. The summed E-state index contributed by atoms with van der Waals surface area (Å²) >= 11 is 7.07. The summed E-state index contributed by atoms with van der Waals surface area (Å²) in [6.07, 6.45) is 2.33. The topological polar surface area (TPSA) is 20.2 Å². The van der Waals surface area contributed by atoms with Crippen molar-refractivity contribution < 1.29 is 5.11 Å². The summed E-state index contributed by atoms with van der Waals surface area (Å²) in [5.74, 6) is 0.177. The minimum absolute atomic E-state index is 0.140. The highest BCUT2D eigenvalue weighted by Crippen LogP contribution is 2.56. The molecule has 61 heavy (non-hydrogen) atoms. The first-order valence-electron chi connectivity index (χ1n) is 21.1. The molecular formula is C59H43ClO. The molecule has 0 bridgehead atoms. The van der Waals surface area contributed by atoms with Crippen molar-refractivity contribution in [2.45, 2.75) is 31.6 Å². The second-order valence-electron chi connectivity index (χ2n) is 17.2. The van der Waals surface area contributed by atoms with Gasteiger partial charge in [0.15, 0.2) is 0 Å². The van der Waals surface area contributed by atoms with Gasteiger partial charge >= 0.3 is 0 Å². The number of hydrogen-bond acceptors (Lipinski definition) is 1. The van der Waals surface area contributed by atoms with Gasteiger partial charge in [0.05, 0.1) is 10.4 Å². The lowest BCUT2D eigenvalue weighted by Crippen LogP contribution is -2.28. The molecule has 11 rings (SSSR count). The van der Waals surface area contributed by atoms with Crippen molar-refractivity contribution >= 4 is 34.0 Å². The zero-order valence-electron chi connectivity index (χ0n) is 34.4. The zero-order chi connectivity index (χ0) is 41.5. The van der Waals surface area contributed by atoms with E-state index in [0.717, 1.165) is 44.2 Å². The van der Waals surface area contributed by atoms with Crippen LogP contribution in [0, 0.1) is 6.92 Å². The fraction of sp³-hybridized carbons (Fsp3) is 0.0847. The van der Waals surface area contributed by atoms with Gasteiger partial charge in [-0.2, -0.15) is 0 Å². The van der Waals surface area contributed by atoms with Crippen LogP contribution in [0.4, 0.5) is 0 Å². The molecule has 0 aliphatic heterocycles. The fourth-order valence-electron chi connectivity index (χ4n) is 10.6. The average molecular weight is 803 g/mol. The predicted molar refractivity (Wildman–Crippen MR) is 256 cm³/mol. The monoisotopic (exact) mass is 802 g/mol. The van der Waals surface area contributed by atoms with Gasteiger partial charge in [0.25, 0.3) is 0 Å². The maximum absolute atomic E-state index is 11.3. The molecular weight excluding hydrogens is 760 g/mol. The molecule has 0 unspecified atom stereocenters. The summed E-state index contributed by atoms with van der Waals surface area (Å²) in [7, 11) is 0. The Hall–Kier alpha value is -6.93. The smallest absolute Gasteiger partial charge is 0.125 e. The number of benzene rings is 9. The summed E-state index contributed by atoms with van der Waals surface area (Å²) in [5.41, 5.74) is 19.5. The zero-order valence-corrected chi connectivity index (χ0v) is 35.1. The Kier molecular flexibility index (Phi) is 8.57. The van der Waals surface area contributed by atoms with E-state index in [1.807, 2.05) is 30.3 Å². The summed E-state index contributed by atoms with van der Waals surface area (Å²) in [5, 5.41) is 13.7. The fourth-order valence-corrected chi connectivity index (χ4v) is 10.9. The second kappa shape index (κ2) is 14.1. The van der Waals surface area contributed by atoms with Crippen LogP contribution in [0.3, 0.4) is 0 Å². The van der Waals surface area contributed by atoms with Gasteiger partial charge in [-0.1, -0.05) is 207 Å². The van der Waals surface area contributed by atoms with Gasteiger partial charge in [-0.15, -0.1) is 0 Å². The van der Waals surface area contributed by atoms with Gasteiger partial charge in [-0.3, -0.25) is 0 Å². The number of halogens is 1. The van der Waals surface area contributed by atoms with Gasteiger partial charge < -0.3 is 5.11 Å². The van der Waals surface area contributed by atoms with Crippen molar-refractivity contribution in [1.29, 1.82) is 0 Å². The third kappa shape index (κ3) is 5.61. The lowest BCUT2D eigenvalue weighted by atomic mass is 9.67. The molecule has 1 nitrogen and oxygen atoms in total. The van der Waals surface area contributed by atoms with Crippen molar-refractivity contribution in [2.24, 2.45) is 0 Å². The molecule has 0 radical (unpaired) electrons. The summed E-state index contributed by atoms with van der Waals surface area (Å²) in [6.45, 7) is 6.79. The van der Waals surface area contributed by atoms with Crippen LogP contribution >= 0.6 is 11.6 Å². The standard InChI is InChI=1S/C59H43ClO/c1-37-33-40(27-31-44(37)56-55(61)36-39-15-7-8-18-45(39)57(56)60)50(41-28-32-49-46-19-9-12-22-51(46)58(2,3)54(49)35-41)34-38-25-29-43(30-26-38)59(42-16-5-4-6-17-42)52-23-13-10-20-47(52)48-21-11-14-24-53(48)59/h4-36,61H,1-3H3/b50-34+. The Morgan fingerprint density at radius 2 is 1.02 bits per heavy atom. The molecule has 0 amide bonds. The lowest BCUT2D eigenvalue weighted by molar-refractivity contribution is 0.478. The Labute approximate surface area is 362 Å². The van der Waals surface area contributed by atoms with Crippen molar-refractivity contribution in [1.82, 2.24) is 0 Å². The molecule has 2 aliphatic rings. The Bertz CT molecular complexity index is 3200. The average Bonchev–Trinajstić information content (AvgIpc) is 3.72. The number of fused-ring (bicyclic) bond motifs is 7. The molecule has 0 heterocycles. The van der Waals surface area contributed by atoms with E-state index in [2.05, 4.69) is 191 Å². The lowest BCUT2D eigenvalue weighted by Gasteiger charge is -2.34. The maximum atomic E-state index is 11.3. The van der Waals surface area contributed by atoms with E-state index >= 15 is 0 Å². The number of hydrogen-bond donors (Lipinski definition) is 1. The summed E-state index contributed by atoms with van der Waals surface area (Å²) in [6, 6.07) is 70.1. The van der Waals surface area contributed by atoms with Gasteiger partial charge in [0.1, 0.15) is 5.75 Å². The highest BCUT2D eigenvalue weighted by molar-refractivity contribution is 6.38. The first kappa shape index (κ1) is 37.1. The molecule has 0 spiro atoms. The molecule has 2 aliphatic carbocycles. The molecule has 1 N–H and O–H groups in total. The number of phenols is 1. The molecule has 0 saturated heterocycles. The van der Waals surface area contributed by atoms with E-state index in [-0.39, 0.29) is 11.2 Å². The SMILES string of the molecule is Cc1cc(/C(=C\c2ccc(C3(c4ccccc4)c4ccccc4-c4ccccc43)cc2)c2ccc3c(c2)C(C)(C)c2ccccc2-3)ccc1-c1c(O)cc2ccccc2c1Cl. The third-order valence-corrected chi connectivity index (χ3v) is 13.9. The van der Waals surface area contributed by atoms with Crippen LogP contribution in [0.2, 0.25) is 5.02 Å². The largest absolute Gasteiger partial charge is 0.507 e. The van der Waals surface area contributed by atoms with E-state index in [9.17, 15) is 5.11 Å². The Morgan fingerprint density at radius 3 is 1.69 bits per heavy atom. The van der Waals surface area contributed by atoms with Crippen LogP contribution < -0.4 is 0 Å².